The smallest absolute Gasteiger partial charge is 0.134 e. The van der Waals surface area contributed by atoms with Crippen molar-refractivity contribution in [3.8, 4) is 0 Å². The van der Waals surface area contributed by atoms with Crippen molar-refractivity contribution in [1.29, 1.82) is 0 Å². The molecule has 2 aromatic rings. The van der Waals surface area contributed by atoms with Crippen LogP contribution in [0.25, 0.3) is 10.9 Å². The van der Waals surface area contributed by atoms with Gasteiger partial charge in [0.05, 0.1) is 5.52 Å². The Morgan fingerprint density at radius 1 is 1.33 bits per heavy atom. The molecule has 1 aliphatic heterocycles. The number of hydrogen-bond acceptors (Lipinski definition) is 3. The van der Waals surface area contributed by atoms with E-state index in [4.69, 9.17) is 11.6 Å². The first kappa shape index (κ1) is 14.8. The van der Waals surface area contributed by atoms with Crippen LogP contribution in [0, 0.1) is 0 Å². The third kappa shape index (κ3) is 3.37. The molecule has 3 nitrogen and oxygen atoms in total. The molecule has 1 fully saturated rings. The normalized spacial score (nSPS) is 19.7. The van der Waals surface area contributed by atoms with Crippen molar-refractivity contribution < 1.29 is 0 Å². The standard InChI is InChI=1S/C17H22ClN3/c1-20(2)12-15-7-5-9-21(15)11-14-10-13-6-3-4-8-16(13)19-17(14)18/h3-4,6,8,10,15H,5,7,9,11-12H2,1-2H3. The van der Waals surface area contributed by atoms with Gasteiger partial charge in [-0.3, -0.25) is 4.90 Å². The van der Waals surface area contributed by atoms with Crippen LogP contribution in [-0.2, 0) is 6.54 Å². The van der Waals surface area contributed by atoms with E-state index in [1.54, 1.807) is 0 Å². The number of nitrogens with zero attached hydrogens (tertiary/aromatic N) is 3. The van der Waals surface area contributed by atoms with Crippen molar-refractivity contribution in [2.75, 3.05) is 27.2 Å². The van der Waals surface area contributed by atoms with Gasteiger partial charge in [0.25, 0.3) is 0 Å². The van der Waals surface area contributed by atoms with Crippen LogP contribution in [-0.4, -0.2) is 48.0 Å². The lowest BCUT2D eigenvalue weighted by atomic mass is 10.1. The van der Waals surface area contributed by atoms with Gasteiger partial charge in [0.15, 0.2) is 0 Å². The van der Waals surface area contributed by atoms with E-state index in [2.05, 4.69) is 41.0 Å². The fourth-order valence-corrected chi connectivity index (χ4v) is 3.40. The minimum atomic E-state index is 0.627. The van der Waals surface area contributed by atoms with Crippen molar-refractivity contribution in [1.82, 2.24) is 14.8 Å². The van der Waals surface area contributed by atoms with Gasteiger partial charge in [-0.05, 0) is 45.6 Å². The van der Waals surface area contributed by atoms with E-state index in [9.17, 15) is 0 Å². The highest BCUT2D eigenvalue weighted by atomic mass is 35.5. The van der Waals surface area contributed by atoms with Gasteiger partial charge in [-0.1, -0.05) is 29.8 Å². The van der Waals surface area contributed by atoms with Crippen molar-refractivity contribution in [3.63, 3.8) is 0 Å². The molecule has 3 rings (SSSR count). The van der Waals surface area contributed by atoms with Crippen LogP contribution in [0.4, 0.5) is 0 Å². The second kappa shape index (κ2) is 6.30. The highest BCUT2D eigenvalue weighted by Crippen LogP contribution is 2.25. The summed E-state index contributed by atoms with van der Waals surface area (Å²) < 4.78 is 0. The number of aromatic nitrogens is 1. The molecule has 1 unspecified atom stereocenters. The first-order valence-electron chi connectivity index (χ1n) is 7.56. The molecular formula is C17H22ClN3. The van der Waals surface area contributed by atoms with Gasteiger partial charge in [-0.2, -0.15) is 0 Å². The zero-order chi connectivity index (χ0) is 14.8. The number of rotatable bonds is 4. The van der Waals surface area contributed by atoms with Crippen molar-refractivity contribution in [2.45, 2.75) is 25.4 Å². The molecule has 0 amide bonds. The third-order valence-corrected chi connectivity index (χ3v) is 4.53. The minimum absolute atomic E-state index is 0.627. The lowest BCUT2D eigenvalue weighted by molar-refractivity contribution is 0.201. The van der Waals surface area contributed by atoms with Gasteiger partial charge >= 0.3 is 0 Å². The Morgan fingerprint density at radius 2 is 2.14 bits per heavy atom. The number of likely N-dealkylation sites (N-methyl/N-ethyl adjacent to an activating group) is 1. The van der Waals surface area contributed by atoms with E-state index in [1.165, 1.54) is 18.2 Å². The monoisotopic (exact) mass is 303 g/mol. The lowest BCUT2D eigenvalue weighted by Gasteiger charge is -2.27. The highest BCUT2D eigenvalue weighted by Gasteiger charge is 2.25. The van der Waals surface area contributed by atoms with E-state index < -0.39 is 0 Å². The fourth-order valence-electron chi connectivity index (χ4n) is 3.20. The molecule has 2 heterocycles. The quantitative estimate of drug-likeness (QED) is 0.807. The van der Waals surface area contributed by atoms with Gasteiger partial charge in [0.1, 0.15) is 5.15 Å². The second-order valence-corrected chi connectivity index (χ2v) is 6.52. The van der Waals surface area contributed by atoms with E-state index in [-0.39, 0.29) is 0 Å². The topological polar surface area (TPSA) is 19.4 Å². The summed E-state index contributed by atoms with van der Waals surface area (Å²) in [4.78, 5) is 9.34. The summed E-state index contributed by atoms with van der Waals surface area (Å²) in [6.45, 7) is 3.16. The van der Waals surface area contributed by atoms with Crippen LogP contribution in [0.2, 0.25) is 5.15 Å². The average molecular weight is 304 g/mol. The Morgan fingerprint density at radius 3 is 2.95 bits per heavy atom. The van der Waals surface area contributed by atoms with Crippen molar-refractivity contribution in [3.05, 3.63) is 41.0 Å². The van der Waals surface area contributed by atoms with Gasteiger partial charge in [-0.15, -0.1) is 0 Å². The van der Waals surface area contributed by atoms with E-state index in [1.807, 2.05) is 18.2 Å². The molecule has 1 aromatic heterocycles. The summed E-state index contributed by atoms with van der Waals surface area (Å²) >= 11 is 6.39. The Hall–Kier alpha value is -1.16. The van der Waals surface area contributed by atoms with Crippen LogP contribution >= 0.6 is 11.6 Å². The minimum Gasteiger partial charge on any atom is -0.308 e. The molecule has 4 heteroatoms. The summed E-state index contributed by atoms with van der Waals surface area (Å²) in [5, 5.41) is 1.81. The van der Waals surface area contributed by atoms with Crippen LogP contribution in [0.3, 0.4) is 0 Å². The number of hydrogen-bond donors (Lipinski definition) is 0. The van der Waals surface area contributed by atoms with E-state index >= 15 is 0 Å². The largest absolute Gasteiger partial charge is 0.308 e. The number of para-hydroxylation sites is 1. The molecule has 21 heavy (non-hydrogen) atoms. The molecule has 0 saturated carbocycles. The van der Waals surface area contributed by atoms with E-state index in [0.29, 0.717) is 11.2 Å². The van der Waals surface area contributed by atoms with Crippen molar-refractivity contribution in [2.24, 2.45) is 0 Å². The Balaban J connectivity index is 1.82. The molecule has 0 spiro atoms. The molecule has 0 N–H and O–H groups in total. The molecule has 1 saturated heterocycles. The highest BCUT2D eigenvalue weighted by molar-refractivity contribution is 6.30. The molecule has 0 radical (unpaired) electrons. The zero-order valence-corrected chi connectivity index (χ0v) is 13.5. The number of halogens is 1. The summed E-state index contributed by atoms with van der Waals surface area (Å²) in [5.74, 6) is 0. The number of likely N-dealkylation sites (tertiary alicyclic amines) is 1. The van der Waals surface area contributed by atoms with Crippen LogP contribution < -0.4 is 0 Å². The van der Waals surface area contributed by atoms with Crippen LogP contribution in [0.15, 0.2) is 30.3 Å². The second-order valence-electron chi connectivity index (χ2n) is 6.16. The fraction of sp³-hybridized carbons (Fsp3) is 0.471. The van der Waals surface area contributed by atoms with Gasteiger partial charge in [-0.25, -0.2) is 4.98 Å². The molecular weight excluding hydrogens is 282 g/mol. The number of pyridine rings is 1. The summed E-state index contributed by atoms with van der Waals surface area (Å²) in [6, 6.07) is 11.0. The summed E-state index contributed by atoms with van der Waals surface area (Å²) in [6.07, 6.45) is 2.55. The van der Waals surface area contributed by atoms with Gasteiger partial charge in [0.2, 0.25) is 0 Å². The number of benzene rings is 1. The molecule has 0 bridgehead atoms. The molecule has 0 aliphatic carbocycles. The Bertz CT molecular complexity index is 626. The lowest BCUT2D eigenvalue weighted by Crippen LogP contribution is -2.37. The Labute approximate surface area is 131 Å². The number of fused-ring (bicyclic) bond motifs is 1. The molecule has 1 aliphatic rings. The maximum atomic E-state index is 6.39. The molecule has 112 valence electrons. The predicted molar refractivity (Wildman–Crippen MR) is 88.7 cm³/mol. The van der Waals surface area contributed by atoms with Gasteiger partial charge in [0, 0.05) is 30.1 Å². The SMILES string of the molecule is CN(C)CC1CCCN1Cc1cc2ccccc2nc1Cl. The van der Waals surface area contributed by atoms with Crippen LogP contribution in [0.1, 0.15) is 18.4 Å². The van der Waals surface area contributed by atoms with Crippen LogP contribution in [0.5, 0.6) is 0 Å². The predicted octanol–water partition coefficient (Wildman–Crippen LogP) is 3.41. The first-order valence-corrected chi connectivity index (χ1v) is 7.94. The van der Waals surface area contributed by atoms with E-state index in [0.717, 1.165) is 30.7 Å². The summed E-state index contributed by atoms with van der Waals surface area (Å²) in [7, 11) is 4.28. The first-order chi connectivity index (χ1) is 10.1. The zero-order valence-electron chi connectivity index (χ0n) is 12.7. The maximum absolute atomic E-state index is 6.39. The maximum Gasteiger partial charge on any atom is 0.134 e. The Kier molecular flexibility index (Phi) is 4.43. The summed E-state index contributed by atoms with van der Waals surface area (Å²) in [5.41, 5.74) is 2.11. The molecule has 1 atom stereocenters. The average Bonchev–Trinajstić information content (AvgIpc) is 2.86. The van der Waals surface area contributed by atoms with Crippen molar-refractivity contribution >= 4 is 22.5 Å². The van der Waals surface area contributed by atoms with Gasteiger partial charge < -0.3 is 4.90 Å². The molecule has 1 aromatic carbocycles. The third-order valence-electron chi connectivity index (χ3n) is 4.20.